The molecule has 0 saturated carbocycles. The minimum Gasteiger partial charge on any atom is -0.334 e. The molecule has 2 aromatic rings. The van der Waals surface area contributed by atoms with Crippen LogP contribution in [0, 0.1) is 0 Å². The lowest BCUT2D eigenvalue weighted by Crippen LogP contribution is -2.50. The summed E-state index contributed by atoms with van der Waals surface area (Å²) in [6.45, 7) is 2.48. The van der Waals surface area contributed by atoms with Crippen LogP contribution in [0.4, 0.5) is 0 Å². The second-order valence-electron chi connectivity index (χ2n) is 7.03. The van der Waals surface area contributed by atoms with Gasteiger partial charge in [0.05, 0.1) is 9.75 Å². The Morgan fingerprint density at radius 1 is 0.846 bits per heavy atom. The number of piperazine rings is 1. The van der Waals surface area contributed by atoms with E-state index in [1.54, 1.807) is 11.3 Å². The van der Waals surface area contributed by atoms with Gasteiger partial charge in [-0.15, -0.1) is 22.7 Å². The van der Waals surface area contributed by atoms with Gasteiger partial charge in [-0.1, -0.05) is 18.9 Å². The topological polar surface area (TPSA) is 40.6 Å². The molecule has 0 bridgehead atoms. The molecule has 6 heteroatoms. The molecule has 4 nitrogen and oxygen atoms in total. The molecule has 1 aliphatic carbocycles. The van der Waals surface area contributed by atoms with Crippen molar-refractivity contribution in [3.8, 4) is 0 Å². The molecule has 1 fully saturated rings. The number of hydrogen-bond donors (Lipinski definition) is 0. The molecule has 4 rings (SSSR count). The zero-order valence-electron chi connectivity index (χ0n) is 14.9. The first kappa shape index (κ1) is 17.7. The van der Waals surface area contributed by atoms with Gasteiger partial charge in [-0.2, -0.15) is 0 Å². The Kier molecular flexibility index (Phi) is 5.41. The molecule has 0 radical (unpaired) electrons. The summed E-state index contributed by atoms with van der Waals surface area (Å²) in [6.07, 6.45) is 7.32. The zero-order chi connectivity index (χ0) is 17.9. The van der Waals surface area contributed by atoms with Crippen molar-refractivity contribution in [2.24, 2.45) is 0 Å². The van der Waals surface area contributed by atoms with E-state index in [4.69, 9.17) is 0 Å². The molecule has 2 amide bonds. The van der Waals surface area contributed by atoms with Crippen LogP contribution >= 0.6 is 22.7 Å². The molecule has 1 aliphatic heterocycles. The van der Waals surface area contributed by atoms with Gasteiger partial charge in [0.15, 0.2) is 0 Å². The van der Waals surface area contributed by atoms with Gasteiger partial charge in [0.25, 0.3) is 11.8 Å². The maximum Gasteiger partial charge on any atom is 0.264 e. The number of fused-ring (bicyclic) bond motifs is 1. The fourth-order valence-corrected chi connectivity index (χ4v) is 5.69. The molecular weight excluding hydrogens is 364 g/mol. The van der Waals surface area contributed by atoms with Crippen LogP contribution in [-0.2, 0) is 12.8 Å². The first-order valence-electron chi connectivity index (χ1n) is 9.46. The van der Waals surface area contributed by atoms with Crippen LogP contribution in [0.1, 0.15) is 55.5 Å². The molecule has 1 saturated heterocycles. The summed E-state index contributed by atoms with van der Waals surface area (Å²) in [6, 6.07) is 5.91. The SMILES string of the molecule is O=C(c1cccs1)N1CCN(C(=O)c2cc3c(s2)CCCCCC3)CC1. The summed E-state index contributed by atoms with van der Waals surface area (Å²) < 4.78 is 0. The average molecular weight is 389 g/mol. The van der Waals surface area contributed by atoms with Crippen molar-refractivity contribution in [1.29, 1.82) is 0 Å². The summed E-state index contributed by atoms with van der Waals surface area (Å²) in [5.41, 5.74) is 1.39. The van der Waals surface area contributed by atoms with Crippen LogP contribution in [0.15, 0.2) is 23.6 Å². The lowest BCUT2D eigenvalue weighted by atomic mass is 10.00. The third-order valence-electron chi connectivity index (χ3n) is 5.29. The fraction of sp³-hybridized carbons (Fsp3) is 0.500. The quantitative estimate of drug-likeness (QED) is 0.778. The summed E-state index contributed by atoms with van der Waals surface area (Å²) in [4.78, 5) is 32.2. The maximum atomic E-state index is 12.9. The molecule has 26 heavy (non-hydrogen) atoms. The van der Waals surface area contributed by atoms with Crippen molar-refractivity contribution in [3.05, 3.63) is 43.8 Å². The normalized spacial score (nSPS) is 18.2. The first-order chi connectivity index (χ1) is 12.7. The van der Waals surface area contributed by atoms with Gasteiger partial charge in [-0.3, -0.25) is 9.59 Å². The highest BCUT2D eigenvalue weighted by molar-refractivity contribution is 7.14. The van der Waals surface area contributed by atoms with E-state index >= 15 is 0 Å². The summed E-state index contributed by atoms with van der Waals surface area (Å²) in [5, 5.41) is 1.93. The second kappa shape index (κ2) is 7.92. The van der Waals surface area contributed by atoms with E-state index in [0.717, 1.165) is 22.6 Å². The molecule has 0 unspecified atom stereocenters. The Labute approximate surface area is 162 Å². The number of aryl methyl sites for hydroxylation is 2. The zero-order valence-corrected chi connectivity index (χ0v) is 16.5. The number of hydrogen-bond acceptors (Lipinski definition) is 4. The van der Waals surface area contributed by atoms with Gasteiger partial charge >= 0.3 is 0 Å². The van der Waals surface area contributed by atoms with Crippen molar-refractivity contribution >= 4 is 34.5 Å². The number of nitrogens with zero attached hydrogens (tertiary/aromatic N) is 2. The lowest BCUT2D eigenvalue weighted by Gasteiger charge is -2.34. The largest absolute Gasteiger partial charge is 0.334 e. The molecular formula is C20H24N2O2S2. The number of carbonyl (C=O) groups excluding carboxylic acids is 2. The Bertz CT molecular complexity index is 748. The second-order valence-corrected chi connectivity index (χ2v) is 9.12. The van der Waals surface area contributed by atoms with Crippen molar-refractivity contribution in [1.82, 2.24) is 9.80 Å². The standard InChI is InChI=1S/C20H24N2O2S2/c23-19(17-8-5-13-25-17)21-9-11-22(12-10-21)20(24)18-14-15-6-3-1-2-4-7-16(15)26-18/h5,8,13-14H,1-4,6-7,9-12H2. The van der Waals surface area contributed by atoms with Crippen molar-refractivity contribution < 1.29 is 9.59 Å². The minimum atomic E-state index is 0.0891. The van der Waals surface area contributed by atoms with Crippen molar-refractivity contribution in [2.45, 2.75) is 38.5 Å². The number of rotatable bonds is 2. The van der Waals surface area contributed by atoms with E-state index in [-0.39, 0.29) is 11.8 Å². The smallest absolute Gasteiger partial charge is 0.264 e. The van der Waals surface area contributed by atoms with Gasteiger partial charge in [-0.25, -0.2) is 0 Å². The maximum absolute atomic E-state index is 12.9. The Morgan fingerprint density at radius 3 is 2.15 bits per heavy atom. The molecule has 0 N–H and O–H groups in total. The van der Waals surface area contributed by atoms with Gasteiger partial charge in [-0.05, 0) is 48.8 Å². The third-order valence-corrected chi connectivity index (χ3v) is 7.38. The average Bonchev–Trinajstić information content (AvgIpc) is 3.31. The first-order valence-corrected chi connectivity index (χ1v) is 11.2. The van der Waals surface area contributed by atoms with Crippen LogP contribution in [-0.4, -0.2) is 47.8 Å². The van der Waals surface area contributed by atoms with E-state index in [2.05, 4.69) is 6.07 Å². The fourth-order valence-electron chi connectivity index (χ4n) is 3.77. The Hall–Kier alpha value is -1.66. The lowest BCUT2D eigenvalue weighted by molar-refractivity contribution is 0.0540. The van der Waals surface area contributed by atoms with E-state index < -0.39 is 0 Å². The molecule has 0 aromatic carbocycles. The molecule has 0 atom stereocenters. The van der Waals surface area contributed by atoms with E-state index in [0.29, 0.717) is 26.2 Å². The van der Waals surface area contributed by atoms with Crippen LogP contribution < -0.4 is 0 Å². The van der Waals surface area contributed by atoms with E-state index in [1.165, 1.54) is 47.5 Å². The molecule has 138 valence electrons. The van der Waals surface area contributed by atoms with E-state index in [9.17, 15) is 9.59 Å². The summed E-state index contributed by atoms with van der Waals surface area (Å²) >= 11 is 3.17. The Morgan fingerprint density at radius 2 is 1.50 bits per heavy atom. The minimum absolute atomic E-state index is 0.0891. The van der Waals surface area contributed by atoms with Crippen molar-refractivity contribution in [2.75, 3.05) is 26.2 Å². The number of amides is 2. The highest BCUT2D eigenvalue weighted by Gasteiger charge is 2.27. The van der Waals surface area contributed by atoms with Gasteiger partial charge < -0.3 is 9.80 Å². The van der Waals surface area contributed by atoms with Crippen LogP contribution in [0.25, 0.3) is 0 Å². The van der Waals surface area contributed by atoms with Gasteiger partial charge in [0.1, 0.15) is 0 Å². The predicted molar refractivity (Wildman–Crippen MR) is 106 cm³/mol. The van der Waals surface area contributed by atoms with Crippen molar-refractivity contribution in [3.63, 3.8) is 0 Å². The van der Waals surface area contributed by atoms with Crippen LogP contribution in [0.5, 0.6) is 0 Å². The number of thiophene rings is 2. The highest BCUT2D eigenvalue weighted by atomic mass is 32.1. The molecule has 0 spiro atoms. The molecule has 3 heterocycles. The van der Waals surface area contributed by atoms with Gasteiger partial charge in [0.2, 0.25) is 0 Å². The van der Waals surface area contributed by atoms with Gasteiger partial charge in [0, 0.05) is 31.1 Å². The highest BCUT2D eigenvalue weighted by Crippen LogP contribution is 2.29. The monoisotopic (exact) mass is 388 g/mol. The third kappa shape index (κ3) is 3.71. The Balaban J connectivity index is 1.39. The predicted octanol–water partition coefficient (Wildman–Crippen LogP) is 4.07. The summed E-state index contributed by atoms with van der Waals surface area (Å²) in [5.74, 6) is 0.233. The molecule has 2 aliphatic rings. The van der Waals surface area contributed by atoms with E-state index in [1.807, 2.05) is 27.3 Å². The summed E-state index contributed by atoms with van der Waals surface area (Å²) in [7, 11) is 0. The van der Waals surface area contributed by atoms with Crippen LogP contribution in [0.2, 0.25) is 0 Å². The number of carbonyl (C=O) groups is 2. The van der Waals surface area contributed by atoms with Crippen LogP contribution in [0.3, 0.4) is 0 Å². The molecule has 2 aromatic heterocycles.